The van der Waals surface area contributed by atoms with Crippen LogP contribution in [0.15, 0.2) is 41.3 Å². The van der Waals surface area contributed by atoms with E-state index >= 15 is 0 Å². The second kappa shape index (κ2) is 7.11. The Bertz CT molecular complexity index is 876. The van der Waals surface area contributed by atoms with Crippen molar-refractivity contribution in [3.05, 3.63) is 47.0 Å². The Kier molecular flexibility index (Phi) is 5.36. The maximum Gasteiger partial charge on any atom is 0.339 e. The normalized spacial score (nSPS) is 11.0. The summed E-state index contributed by atoms with van der Waals surface area (Å²) < 4.78 is 40.0. The SMILES string of the molecule is COc1ccc(C(C)=O)c(OS(=O)(=O)c2ccc(OC)c(Cl)c2)c1. The summed E-state index contributed by atoms with van der Waals surface area (Å²) in [7, 11) is -1.35. The first-order valence-corrected chi connectivity index (χ1v) is 8.54. The number of hydrogen-bond acceptors (Lipinski definition) is 6. The Labute approximate surface area is 145 Å². The third kappa shape index (κ3) is 3.80. The van der Waals surface area contributed by atoms with Crippen LogP contribution < -0.4 is 13.7 Å². The fourth-order valence-corrected chi connectivity index (χ4v) is 3.25. The first-order valence-electron chi connectivity index (χ1n) is 6.75. The highest BCUT2D eigenvalue weighted by Crippen LogP contribution is 2.31. The number of carbonyl (C=O) groups excluding carboxylic acids is 1. The molecule has 0 heterocycles. The second-order valence-electron chi connectivity index (χ2n) is 4.75. The lowest BCUT2D eigenvalue weighted by molar-refractivity contribution is 0.101. The van der Waals surface area contributed by atoms with Crippen LogP contribution in [0.4, 0.5) is 0 Å². The van der Waals surface area contributed by atoms with Crippen LogP contribution in [-0.2, 0) is 10.1 Å². The number of hydrogen-bond donors (Lipinski definition) is 0. The molecule has 2 aromatic carbocycles. The molecular weight excluding hydrogens is 356 g/mol. The molecule has 6 nitrogen and oxygen atoms in total. The van der Waals surface area contributed by atoms with Gasteiger partial charge in [-0.25, -0.2) is 0 Å². The predicted molar refractivity (Wildman–Crippen MR) is 88.8 cm³/mol. The smallest absolute Gasteiger partial charge is 0.339 e. The summed E-state index contributed by atoms with van der Waals surface area (Å²) in [5.74, 6) is 0.240. The van der Waals surface area contributed by atoms with Crippen LogP contribution >= 0.6 is 11.6 Å². The molecule has 0 radical (unpaired) electrons. The minimum atomic E-state index is -4.19. The summed E-state index contributed by atoms with van der Waals surface area (Å²) in [6.07, 6.45) is 0. The van der Waals surface area contributed by atoms with E-state index in [2.05, 4.69) is 0 Å². The molecule has 128 valence electrons. The van der Waals surface area contributed by atoms with Crippen molar-refractivity contribution in [3.8, 4) is 17.2 Å². The number of ketones is 1. The zero-order valence-corrected chi connectivity index (χ0v) is 14.8. The molecule has 0 amide bonds. The average Bonchev–Trinajstić information content (AvgIpc) is 2.53. The Morgan fingerprint density at radius 3 is 2.25 bits per heavy atom. The van der Waals surface area contributed by atoms with Gasteiger partial charge in [-0.1, -0.05) is 11.6 Å². The highest BCUT2D eigenvalue weighted by atomic mass is 35.5. The first kappa shape index (κ1) is 18.1. The highest BCUT2D eigenvalue weighted by Gasteiger charge is 2.22. The molecule has 2 aromatic rings. The predicted octanol–water partition coefficient (Wildman–Crippen LogP) is 3.33. The first-order chi connectivity index (χ1) is 11.3. The maximum atomic E-state index is 12.5. The Hall–Kier alpha value is -2.25. The van der Waals surface area contributed by atoms with Crippen molar-refractivity contribution in [2.45, 2.75) is 11.8 Å². The van der Waals surface area contributed by atoms with Crippen LogP contribution in [0.25, 0.3) is 0 Å². The van der Waals surface area contributed by atoms with E-state index in [0.717, 1.165) is 0 Å². The molecule has 0 aliphatic rings. The van der Waals surface area contributed by atoms with Gasteiger partial charge in [0.05, 0.1) is 24.8 Å². The highest BCUT2D eigenvalue weighted by molar-refractivity contribution is 7.87. The number of halogens is 1. The van der Waals surface area contributed by atoms with Crippen LogP contribution in [0.1, 0.15) is 17.3 Å². The van der Waals surface area contributed by atoms with Crippen LogP contribution in [0.2, 0.25) is 5.02 Å². The summed E-state index contributed by atoms with van der Waals surface area (Å²) in [6.45, 7) is 1.31. The van der Waals surface area contributed by atoms with Crippen molar-refractivity contribution < 1.29 is 26.9 Å². The molecule has 0 aliphatic heterocycles. The zero-order valence-electron chi connectivity index (χ0n) is 13.2. The van der Waals surface area contributed by atoms with E-state index in [0.29, 0.717) is 11.5 Å². The Balaban J connectivity index is 2.45. The van der Waals surface area contributed by atoms with Crippen LogP contribution in [0.3, 0.4) is 0 Å². The number of carbonyl (C=O) groups is 1. The molecule has 0 N–H and O–H groups in total. The molecule has 0 spiro atoms. The van der Waals surface area contributed by atoms with Crippen LogP contribution in [0.5, 0.6) is 17.2 Å². The van der Waals surface area contributed by atoms with E-state index in [-0.39, 0.29) is 27.0 Å². The Morgan fingerprint density at radius 2 is 1.71 bits per heavy atom. The van der Waals surface area contributed by atoms with Crippen molar-refractivity contribution >= 4 is 27.5 Å². The van der Waals surface area contributed by atoms with E-state index in [9.17, 15) is 13.2 Å². The molecule has 0 unspecified atom stereocenters. The molecule has 0 aliphatic carbocycles. The minimum Gasteiger partial charge on any atom is -0.497 e. The van der Waals surface area contributed by atoms with Gasteiger partial charge in [-0.05, 0) is 37.3 Å². The molecule has 24 heavy (non-hydrogen) atoms. The van der Waals surface area contributed by atoms with E-state index in [1.807, 2.05) is 0 Å². The summed E-state index contributed by atoms with van der Waals surface area (Å²) >= 11 is 5.95. The van der Waals surface area contributed by atoms with E-state index in [4.69, 9.17) is 25.3 Å². The molecule has 2 rings (SSSR count). The molecule has 0 bridgehead atoms. The monoisotopic (exact) mass is 370 g/mol. The molecule has 0 saturated heterocycles. The molecule has 8 heteroatoms. The van der Waals surface area contributed by atoms with Gasteiger partial charge in [-0.3, -0.25) is 4.79 Å². The van der Waals surface area contributed by atoms with Gasteiger partial charge in [0, 0.05) is 6.07 Å². The van der Waals surface area contributed by atoms with Crippen molar-refractivity contribution in [1.82, 2.24) is 0 Å². The second-order valence-corrected chi connectivity index (χ2v) is 6.71. The van der Waals surface area contributed by atoms with Crippen molar-refractivity contribution in [1.29, 1.82) is 0 Å². The number of benzene rings is 2. The summed E-state index contributed by atoms with van der Waals surface area (Å²) in [4.78, 5) is 11.5. The maximum absolute atomic E-state index is 12.5. The topological polar surface area (TPSA) is 78.9 Å². The molecule has 0 fully saturated rings. The van der Waals surface area contributed by atoms with Crippen molar-refractivity contribution in [3.63, 3.8) is 0 Å². The quantitative estimate of drug-likeness (QED) is 0.573. The van der Waals surface area contributed by atoms with Crippen LogP contribution in [-0.4, -0.2) is 28.4 Å². The lowest BCUT2D eigenvalue weighted by atomic mass is 10.1. The minimum absolute atomic E-state index is 0.117. The van der Waals surface area contributed by atoms with Gasteiger partial charge in [-0.15, -0.1) is 0 Å². The van der Waals surface area contributed by atoms with E-state index < -0.39 is 10.1 Å². The summed E-state index contributed by atoms with van der Waals surface area (Å²) in [5.41, 5.74) is 0.124. The van der Waals surface area contributed by atoms with Gasteiger partial charge >= 0.3 is 10.1 Å². The molecule has 0 atom stereocenters. The van der Waals surface area contributed by atoms with Crippen LogP contribution in [0, 0.1) is 0 Å². The molecule has 0 aromatic heterocycles. The lowest BCUT2D eigenvalue weighted by Crippen LogP contribution is -2.12. The van der Waals surface area contributed by atoms with E-state index in [1.165, 1.54) is 51.5 Å². The van der Waals surface area contributed by atoms with Gasteiger partial charge in [0.15, 0.2) is 11.5 Å². The van der Waals surface area contributed by atoms with Gasteiger partial charge in [0.1, 0.15) is 16.4 Å². The number of rotatable bonds is 6. The fourth-order valence-electron chi connectivity index (χ4n) is 1.96. The number of methoxy groups -OCH3 is 2. The molecule has 0 saturated carbocycles. The van der Waals surface area contributed by atoms with Gasteiger partial charge in [0.25, 0.3) is 0 Å². The fraction of sp³-hybridized carbons (Fsp3) is 0.188. The third-order valence-electron chi connectivity index (χ3n) is 3.18. The molecular formula is C16H15ClO6S. The third-order valence-corrected chi connectivity index (χ3v) is 4.71. The van der Waals surface area contributed by atoms with Gasteiger partial charge in [0.2, 0.25) is 0 Å². The summed E-state index contributed by atoms with van der Waals surface area (Å²) in [6, 6.07) is 8.24. The van der Waals surface area contributed by atoms with E-state index in [1.54, 1.807) is 6.07 Å². The zero-order chi connectivity index (χ0) is 17.9. The van der Waals surface area contributed by atoms with Gasteiger partial charge < -0.3 is 13.7 Å². The standard InChI is InChI=1S/C16H15ClO6S/c1-10(18)13-6-4-11(21-2)8-16(13)23-24(19,20)12-5-7-15(22-3)14(17)9-12/h4-9H,1-3H3. The lowest BCUT2D eigenvalue weighted by Gasteiger charge is -2.12. The van der Waals surface area contributed by atoms with Gasteiger partial charge in [-0.2, -0.15) is 8.42 Å². The average molecular weight is 371 g/mol. The van der Waals surface area contributed by atoms with Crippen molar-refractivity contribution in [2.24, 2.45) is 0 Å². The largest absolute Gasteiger partial charge is 0.497 e. The number of ether oxygens (including phenoxy) is 2. The van der Waals surface area contributed by atoms with Crippen molar-refractivity contribution in [2.75, 3.05) is 14.2 Å². The number of Topliss-reactive ketones (excluding diaryl/α,β-unsaturated/α-hetero) is 1. The Morgan fingerprint density at radius 1 is 1.00 bits per heavy atom. The summed E-state index contributed by atoms with van der Waals surface area (Å²) in [5, 5.41) is 0.125.